The van der Waals surface area contributed by atoms with Crippen LogP contribution in [0.1, 0.15) is 10.4 Å². The van der Waals surface area contributed by atoms with Crippen LogP contribution in [0.5, 0.6) is 11.5 Å². The maximum Gasteiger partial charge on any atom is 0.284 e. The van der Waals surface area contributed by atoms with E-state index in [0.717, 1.165) is 12.1 Å². The van der Waals surface area contributed by atoms with E-state index in [-0.39, 0.29) is 17.1 Å². The number of carbonyl (C=O) groups is 1. The number of ether oxygens (including phenoxy) is 2. The molecule has 0 radical (unpaired) electrons. The van der Waals surface area contributed by atoms with Gasteiger partial charge in [-0.05, 0) is 0 Å². The van der Waals surface area contributed by atoms with Crippen molar-refractivity contribution in [2.45, 2.75) is 0 Å². The van der Waals surface area contributed by atoms with Crippen molar-refractivity contribution in [1.29, 1.82) is 0 Å². The summed E-state index contributed by atoms with van der Waals surface area (Å²) in [6.07, 6.45) is 0.564. The Bertz CT molecular complexity index is 511. The molecule has 0 saturated heterocycles. The fourth-order valence-corrected chi connectivity index (χ4v) is 1.34. The fourth-order valence-electron chi connectivity index (χ4n) is 1.34. The van der Waals surface area contributed by atoms with Gasteiger partial charge < -0.3 is 14.7 Å². The molecule has 0 aliphatic carbocycles. The van der Waals surface area contributed by atoms with E-state index in [9.17, 15) is 14.9 Å². The monoisotopic (exact) mass is 254 g/mol. The smallest absolute Gasteiger partial charge is 0.284 e. The number of hydrogen-bond donors (Lipinski definition) is 1. The van der Waals surface area contributed by atoms with Crippen LogP contribution in [0, 0.1) is 10.1 Å². The molecule has 0 aromatic heterocycles. The molecular weight excluding hydrogens is 244 g/mol. The van der Waals surface area contributed by atoms with Gasteiger partial charge in [0.05, 0.1) is 25.2 Å². The minimum absolute atomic E-state index is 0.127. The number of nitrogens with zero attached hydrogens (tertiary/aromatic N) is 2. The third kappa shape index (κ3) is 2.54. The molecule has 0 aliphatic heterocycles. The van der Waals surface area contributed by atoms with Gasteiger partial charge in [0.25, 0.3) is 5.69 Å². The van der Waals surface area contributed by atoms with Crippen molar-refractivity contribution in [2.24, 2.45) is 5.16 Å². The number of nitro groups is 1. The van der Waals surface area contributed by atoms with Crippen LogP contribution in [-0.2, 0) is 0 Å². The zero-order chi connectivity index (χ0) is 13.7. The molecular formula is C10H10N2O6. The summed E-state index contributed by atoms with van der Waals surface area (Å²) < 4.78 is 9.83. The van der Waals surface area contributed by atoms with E-state index in [4.69, 9.17) is 14.7 Å². The molecule has 8 heteroatoms. The lowest BCUT2D eigenvalue weighted by Crippen LogP contribution is -2.06. The van der Waals surface area contributed by atoms with E-state index < -0.39 is 16.4 Å². The van der Waals surface area contributed by atoms with Crippen LogP contribution in [-0.4, -0.2) is 36.3 Å². The summed E-state index contributed by atoms with van der Waals surface area (Å²) >= 11 is 0. The number of carbonyl (C=O) groups excluding carboxylic acids is 1. The number of Topliss-reactive ketones (excluding diaryl/α,β-unsaturated/α-hetero) is 1. The maximum atomic E-state index is 11.5. The zero-order valence-corrected chi connectivity index (χ0v) is 9.61. The van der Waals surface area contributed by atoms with Crippen molar-refractivity contribution in [2.75, 3.05) is 14.2 Å². The maximum absolute atomic E-state index is 11.5. The molecule has 0 atom stereocenters. The van der Waals surface area contributed by atoms with E-state index in [1.54, 1.807) is 0 Å². The van der Waals surface area contributed by atoms with Gasteiger partial charge in [-0.25, -0.2) is 0 Å². The van der Waals surface area contributed by atoms with Crippen molar-refractivity contribution >= 4 is 17.7 Å². The quantitative estimate of drug-likeness (QED) is 0.278. The number of nitro benzene ring substituents is 1. The Balaban J connectivity index is 3.47. The average Bonchev–Trinajstić information content (AvgIpc) is 2.37. The molecule has 0 bridgehead atoms. The Hall–Kier alpha value is -2.64. The largest absolute Gasteiger partial charge is 0.493 e. The first-order valence-corrected chi connectivity index (χ1v) is 4.67. The van der Waals surface area contributed by atoms with Crippen molar-refractivity contribution in [3.8, 4) is 11.5 Å². The van der Waals surface area contributed by atoms with Crippen molar-refractivity contribution in [3.63, 3.8) is 0 Å². The van der Waals surface area contributed by atoms with Crippen LogP contribution in [0.2, 0.25) is 0 Å². The molecule has 1 aromatic carbocycles. The second-order valence-corrected chi connectivity index (χ2v) is 3.09. The molecule has 18 heavy (non-hydrogen) atoms. The van der Waals surface area contributed by atoms with E-state index in [1.165, 1.54) is 14.2 Å². The van der Waals surface area contributed by atoms with E-state index in [0.29, 0.717) is 6.21 Å². The van der Waals surface area contributed by atoms with Crippen LogP contribution in [0.3, 0.4) is 0 Å². The summed E-state index contributed by atoms with van der Waals surface area (Å²) in [6, 6.07) is 2.22. The predicted molar refractivity (Wildman–Crippen MR) is 60.8 cm³/mol. The molecule has 0 saturated carbocycles. The van der Waals surface area contributed by atoms with Crippen LogP contribution >= 0.6 is 0 Å². The molecule has 0 amide bonds. The van der Waals surface area contributed by atoms with E-state index in [2.05, 4.69) is 5.16 Å². The molecule has 96 valence electrons. The van der Waals surface area contributed by atoms with Gasteiger partial charge in [-0.15, -0.1) is 0 Å². The van der Waals surface area contributed by atoms with Crippen LogP contribution in [0.4, 0.5) is 5.69 Å². The molecule has 0 unspecified atom stereocenters. The molecule has 0 fully saturated rings. The first kappa shape index (κ1) is 13.4. The first-order chi connectivity index (χ1) is 8.54. The molecule has 0 aliphatic rings. The van der Waals surface area contributed by atoms with Gasteiger partial charge in [-0.1, -0.05) is 5.16 Å². The molecule has 1 aromatic rings. The Morgan fingerprint density at radius 2 is 1.94 bits per heavy atom. The lowest BCUT2D eigenvalue weighted by Gasteiger charge is -2.08. The number of methoxy groups -OCH3 is 2. The highest BCUT2D eigenvalue weighted by molar-refractivity contribution is 6.36. The summed E-state index contributed by atoms with van der Waals surface area (Å²) in [5.74, 6) is -0.523. The standard InChI is InChI=1S/C10H10N2O6/c1-17-9-3-6(8(13)5-11-14)7(12(15)16)4-10(9)18-2/h3-5,14H,1-2H3. The summed E-state index contributed by atoms with van der Waals surface area (Å²) in [5, 5.41) is 21.7. The number of ketones is 1. The van der Waals surface area contributed by atoms with Crippen molar-refractivity contribution in [1.82, 2.24) is 0 Å². The summed E-state index contributed by atoms with van der Waals surface area (Å²) in [6.45, 7) is 0. The van der Waals surface area contributed by atoms with Gasteiger partial charge in [0.15, 0.2) is 11.5 Å². The lowest BCUT2D eigenvalue weighted by molar-refractivity contribution is -0.385. The lowest BCUT2D eigenvalue weighted by atomic mass is 10.1. The second-order valence-electron chi connectivity index (χ2n) is 3.09. The number of oxime groups is 1. The Morgan fingerprint density at radius 1 is 1.39 bits per heavy atom. The summed E-state index contributed by atoms with van der Waals surface area (Å²) in [7, 11) is 2.65. The van der Waals surface area contributed by atoms with Gasteiger partial charge in [-0.2, -0.15) is 0 Å². The molecule has 1 N–H and O–H groups in total. The van der Waals surface area contributed by atoms with E-state index in [1.807, 2.05) is 0 Å². The molecule has 0 heterocycles. The third-order valence-corrected chi connectivity index (χ3v) is 2.14. The van der Waals surface area contributed by atoms with Crippen LogP contribution in [0.15, 0.2) is 17.3 Å². The average molecular weight is 254 g/mol. The minimum Gasteiger partial charge on any atom is -0.493 e. The zero-order valence-electron chi connectivity index (χ0n) is 9.61. The fraction of sp³-hybridized carbons (Fsp3) is 0.200. The van der Waals surface area contributed by atoms with Gasteiger partial charge in [0.1, 0.15) is 11.8 Å². The molecule has 8 nitrogen and oxygen atoms in total. The highest BCUT2D eigenvalue weighted by atomic mass is 16.6. The Morgan fingerprint density at radius 3 is 2.39 bits per heavy atom. The molecule has 0 spiro atoms. The van der Waals surface area contributed by atoms with Crippen LogP contribution < -0.4 is 9.47 Å². The van der Waals surface area contributed by atoms with Gasteiger partial charge in [0, 0.05) is 6.07 Å². The highest BCUT2D eigenvalue weighted by Crippen LogP contribution is 2.34. The molecule has 1 rings (SSSR count). The highest BCUT2D eigenvalue weighted by Gasteiger charge is 2.23. The first-order valence-electron chi connectivity index (χ1n) is 4.67. The van der Waals surface area contributed by atoms with Crippen LogP contribution in [0.25, 0.3) is 0 Å². The van der Waals surface area contributed by atoms with Gasteiger partial charge in [0.2, 0.25) is 5.78 Å². The number of rotatable bonds is 5. The number of hydrogen-bond acceptors (Lipinski definition) is 7. The summed E-state index contributed by atoms with van der Waals surface area (Å²) in [4.78, 5) is 21.6. The predicted octanol–water partition coefficient (Wildman–Crippen LogP) is 1.25. The van der Waals surface area contributed by atoms with E-state index >= 15 is 0 Å². The summed E-state index contributed by atoms with van der Waals surface area (Å²) in [5.41, 5.74) is -0.715. The van der Waals surface area contributed by atoms with Crippen molar-refractivity contribution in [3.05, 3.63) is 27.8 Å². The number of benzene rings is 1. The topological polar surface area (TPSA) is 111 Å². The third-order valence-electron chi connectivity index (χ3n) is 2.14. The van der Waals surface area contributed by atoms with Crippen molar-refractivity contribution < 1.29 is 24.4 Å². The normalized spacial score (nSPS) is 10.3. The van der Waals surface area contributed by atoms with Gasteiger partial charge in [-0.3, -0.25) is 14.9 Å². The SMILES string of the molecule is COc1cc(C(=O)C=NO)c([N+](=O)[O-])cc1OC. The van der Waals surface area contributed by atoms with Gasteiger partial charge >= 0.3 is 0 Å². The minimum atomic E-state index is -0.815. The second kappa shape index (κ2) is 5.62. The Labute approximate surface area is 102 Å². The Kier molecular flexibility index (Phi) is 4.19.